The van der Waals surface area contributed by atoms with Crippen LogP contribution in [0.1, 0.15) is 5.56 Å². The van der Waals surface area contributed by atoms with Crippen molar-refractivity contribution in [2.75, 3.05) is 36.1 Å². The minimum atomic E-state index is -0.512. The Hall–Kier alpha value is -2.74. The highest BCUT2D eigenvalue weighted by atomic mass is 35.5. The SMILES string of the molecule is O=C1NC(=S)N(c2ccc(Cl)cc2)C(=O)/C1=C\c1ccccc1N1CCOCC1. The minimum Gasteiger partial charge on any atom is -0.378 e. The Labute approximate surface area is 178 Å². The summed E-state index contributed by atoms with van der Waals surface area (Å²) in [5.41, 5.74) is 2.30. The maximum absolute atomic E-state index is 13.2. The number of nitrogens with zero attached hydrogens (tertiary/aromatic N) is 2. The van der Waals surface area contributed by atoms with Gasteiger partial charge in [0, 0.05) is 23.8 Å². The van der Waals surface area contributed by atoms with Crippen LogP contribution in [0, 0.1) is 0 Å². The van der Waals surface area contributed by atoms with Crippen molar-refractivity contribution >= 4 is 58.2 Å². The maximum atomic E-state index is 13.2. The van der Waals surface area contributed by atoms with E-state index in [0.717, 1.165) is 24.3 Å². The average molecular weight is 428 g/mol. The van der Waals surface area contributed by atoms with E-state index in [1.165, 1.54) is 4.90 Å². The molecule has 0 atom stereocenters. The smallest absolute Gasteiger partial charge is 0.270 e. The Kier molecular flexibility index (Phi) is 5.62. The van der Waals surface area contributed by atoms with Gasteiger partial charge < -0.3 is 9.64 Å². The Bertz CT molecular complexity index is 1000. The number of ether oxygens (including phenoxy) is 1. The molecule has 2 aliphatic heterocycles. The molecule has 29 heavy (non-hydrogen) atoms. The number of carbonyl (C=O) groups is 2. The number of rotatable bonds is 3. The van der Waals surface area contributed by atoms with Gasteiger partial charge in [0.2, 0.25) is 0 Å². The van der Waals surface area contributed by atoms with Crippen LogP contribution in [-0.4, -0.2) is 43.2 Å². The van der Waals surface area contributed by atoms with Crippen molar-refractivity contribution in [1.82, 2.24) is 5.32 Å². The molecule has 0 radical (unpaired) electrons. The minimum absolute atomic E-state index is 0.0225. The van der Waals surface area contributed by atoms with Gasteiger partial charge in [-0.3, -0.25) is 19.8 Å². The summed E-state index contributed by atoms with van der Waals surface area (Å²) in [5.74, 6) is -0.986. The second-order valence-corrected chi connectivity index (χ2v) is 7.42. The third-order valence-corrected chi connectivity index (χ3v) is 5.31. The lowest BCUT2D eigenvalue weighted by Gasteiger charge is -2.31. The molecule has 2 fully saturated rings. The molecule has 2 saturated heterocycles. The largest absolute Gasteiger partial charge is 0.378 e. The third kappa shape index (κ3) is 4.03. The molecule has 6 nitrogen and oxygen atoms in total. The Balaban J connectivity index is 1.71. The highest BCUT2D eigenvalue weighted by Gasteiger charge is 2.34. The first-order chi connectivity index (χ1) is 14.0. The number of halogens is 1. The molecule has 2 aliphatic rings. The van der Waals surface area contributed by atoms with Gasteiger partial charge in [0.25, 0.3) is 11.8 Å². The van der Waals surface area contributed by atoms with E-state index in [1.807, 2.05) is 24.3 Å². The van der Waals surface area contributed by atoms with Crippen LogP contribution < -0.4 is 15.1 Å². The predicted octanol–water partition coefficient (Wildman–Crippen LogP) is 3.01. The van der Waals surface area contributed by atoms with E-state index >= 15 is 0 Å². The molecule has 0 unspecified atom stereocenters. The number of thiocarbonyl (C=S) groups is 1. The van der Waals surface area contributed by atoms with Crippen molar-refractivity contribution in [3.05, 3.63) is 64.7 Å². The first-order valence-corrected chi connectivity index (χ1v) is 9.92. The summed E-state index contributed by atoms with van der Waals surface area (Å²) in [6.45, 7) is 2.79. The quantitative estimate of drug-likeness (QED) is 0.463. The van der Waals surface area contributed by atoms with E-state index < -0.39 is 11.8 Å². The van der Waals surface area contributed by atoms with Crippen molar-refractivity contribution in [1.29, 1.82) is 0 Å². The van der Waals surface area contributed by atoms with Crippen LogP contribution in [0.15, 0.2) is 54.1 Å². The van der Waals surface area contributed by atoms with Crippen LogP contribution in [0.5, 0.6) is 0 Å². The van der Waals surface area contributed by atoms with E-state index in [-0.39, 0.29) is 10.7 Å². The number of nitrogens with one attached hydrogen (secondary N) is 1. The molecule has 4 rings (SSSR count). The van der Waals surface area contributed by atoms with Crippen LogP contribution in [0.2, 0.25) is 5.02 Å². The predicted molar refractivity (Wildman–Crippen MR) is 117 cm³/mol. The number of amides is 2. The maximum Gasteiger partial charge on any atom is 0.270 e. The molecule has 0 bridgehead atoms. The van der Waals surface area contributed by atoms with Gasteiger partial charge in [-0.1, -0.05) is 29.8 Å². The molecule has 2 heterocycles. The van der Waals surface area contributed by atoms with Gasteiger partial charge >= 0.3 is 0 Å². The van der Waals surface area contributed by atoms with E-state index in [4.69, 9.17) is 28.6 Å². The zero-order valence-electron chi connectivity index (χ0n) is 15.4. The van der Waals surface area contributed by atoms with Crippen LogP contribution in [0.4, 0.5) is 11.4 Å². The first-order valence-electron chi connectivity index (χ1n) is 9.13. The molecule has 2 aromatic carbocycles. The van der Waals surface area contributed by atoms with Crippen LogP contribution >= 0.6 is 23.8 Å². The van der Waals surface area contributed by atoms with E-state index in [0.29, 0.717) is 23.9 Å². The molecule has 0 aromatic heterocycles. The second-order valence-electron chi connectivity index (χ2n) is 6.59. The lowest BCUT2D eigenvalue weighted by Crippen LogP contribution is -2.54. The number of para-hydroxylation sites is 1. The monoisotopic (exact) mass is 427 g/mol. The van der Waals surface area contributed by atoms with Gasteiger partial charge in [0.05, 0.1) is 18.9 Å². The fraction of sp³-hybridized carbons (Fsp3) is 0.190. The summed E-state index contributed by atoms with van der Waals surface area (Å²) in [4.78, 5) is 29.2. The number of morpholine rings is 1. The highest BCUT2D eigenvalue weighted by Crippen LogP contribution is 2.27. The summed E-state index contributed by atoms with van der Waals surface area (Å²) >= 11 is 11.2. The Morgan fingerprint density at radius 3 is 2.45 bits per heavy atom. The van der Waals surface area contributed by atoms with Gasteiger partial charge in [-0.25, -0.2) is 0 Å². The molecule has 0 saturated carbocycles. The normalized spacial score (nSPS) is 18.9. The van der Waals surface area contributed by atoms with Gasteiger partial charge in [-0.15, -0.1) is 0 Å². The zero-order chi connectivity index (χ0) is 20.4. The number of anilines is 2. The summed E-state index contributed by atoms with van der Waals surface area (Å²) in [7, 11) is 0. The van der Waals surface area contributed by atoms with E-state index in [9.17, 15) is 9.59 Å². The zero-order valence-corrected chi connectivity index (χ0v) is 17.0. The molecule has 0 aliphatic carbocycles. The number of carbonyl (C=O) groups excluding carboxylic acids is 2. The van der Waals surface area contributed by atoms with Crippen LogP contribution in [0.3, 0.4) is 0 Å². The second kappa shape index (κ2) is 8.32. The van der Waals surface area contributed by atoms with E-state index in [2.05, 4.69) is 10.2 Å². The summed E-state index contributed by atoms with van der Waals surface area (Å²) in [6, 6.07) is 14.4. The molecular formula is C21H18ClN3O3S. The Morgan fingerprint density at radius 2 is 1.72 bits per heavy atom. The fourth-order valence-corrected chi connectivity index (χ4v) is 3.75. The number of hydrogen-bond acceptors (Lipinski definition) is 5. The van der Waals surface area contributed by atoms with Gasteiger partial charge in [-0.05, 0) is 54.2 Å². The Morgan fingerprint density at radius 1 is 1.03 bits per heavy atom. The van der Waals surface area contributed by atoms with Crippen LogP contribution in [0.25, 0.3) is 6.08 Å². The lowest BCUT2D eigenvalue weighted by molar-refractivity contribution is -0.122. The van der Waals surface area contributed by atoms with Crippen molar-refractivity contribution in [2.45, 2.75) is 0 Å². The summed E-state index contributed by atoms with van der Waals surface area (Å²) < 4.78 is 5.42. The van der Waals surface area contributed by atoms with Gasteiger partial charge in [0.1, 0.15) is 5.57 Å². The number of hydrogen-bond donors (Lipinski definition) is 1. The topological polar surface area (TPSA) is 61.9 Å². The molecular weight excluding hydrogens is 410 g/mol. The number of benzene rings is 2. The van der Waals surface area contributed by atoms with E-state index in [1.54, 1.807) is 30.3 Å². The summed E-state index contributed by atoms with van der Waals surface area (Å²) in [5, 5.41) is 3.19. The van der Waals surface area contributed by atoms with Gasteiger partial charge in [0.15, 0.2) is 5.11 Å². The molecule has 2 aromatic rings. The first kappa shape index (κ1) is 19.6. The summed E-state index contributed by atoms with van der Waals surface area (Å²) in [6.07, 6.45) is 1.62. The molecule has 8 heteroatoms. The fourth-order valence-electron chi connectivity index (χ4n) is 3.34. The standard InChI is InChI=1S/C21H18ClN3O3S/c22-15-5-7-16(8-6-15)25-20(27)17(19(26)23-21(25)29)13-14-3-1-2-4-18(14)24-9-11-28-12-10-24/h1-8,13H,9-12H2,(H,23,26,29)/b17-13-. The lowest BCUT2D eigenvalue weighted by atomic mass is 10.0. The van der Waals surface area contributed by atoms with Crippen molar-refractivity contribution < 1.29 is 14.3 Å². The van der Waals surface area contributed by atoms with Crippen molar-refractivity contribution in [2.24, 2.45) is 0 Å². The molecule has 2 amide bonds. The third-order valence-electron chi connectivity index (χ3n) is 4.77. The highest BCUT2D eigenvalue weighted by molar-refractivity contribution is 7.80. The van der Waals surface area contributed by atoms with Crippen LogP contribution in [-0.2, 0) is 14.3 Å². The molecule has 148 valence electrons. The van der Waals surface area contributed by atoms with Crippen molar-refractivity contribution in [3.8, 4) is 0 Å². The van der Waals surface area contributed by atoms with Crippen molar-refractivity contribution in [3.63, 3.8) is 0 Å². The molecule has 0 spiro atoms. The van der Waals surface area contributed by atoms with Gasteiger partial charge in [-0.2, -0.15) is 0 Å². The molecule has 1 N–H and O–H groups in total. The average Bonchev–Trinajstić information content (AvgIpc) is 2.73.